The van der Waals surface area contributed by atoms with E-state index in [1.54, 1.807) is 18.3 Å². The van der Waals surface area contributed by atoms with Gasteiger partial charge < -0.3 is 4.74 Å². The van der Waals surface area contributed by atoms with Gasteiger partial charge in [0, 0.05) is 63.5 Å². The summed E-state index contributed by atoms with van der Waals surface area (Å²) in [7, 11) is 0. The van der Waals surface area contributed by atoms with Gasteiger partial charge in [0.05, 0.1) is 11.0 Å². The normalized spacial score (nSPS) is 20.7. The van der Waals surface area contributed by atoms with Crippen LogP contribution in [0.2, 0.25) is 0 Å². The Balaban J connectivity index is 1.18. The van der Waals surface area contributed by atoms with E-state index in [0.717, 1.165) is 33.2 Å². The third kappa shape index (κ3) is 4.36. The van der Waals surface area contributed by atoms with Crippen molar-refractivity contribution in [2.45, 2.75) is 59.2 Å². The number of hydrogen-bond donors (Lipinski definition) is 0. The van der Waals surface area contributed by atoms with Crippen LogP contribution in [0, 0.1) is 13.5 Å². The molecule has 0 saturated carbocycles. The van der Waals surface area contributed by atoms with Crippen LogP contribution in [-0.2, 0) is 10.8 Å². The lowest BCUT2D eigenvalue weighted by Crippen LogP contribution is -2.46. The molecule has 248 valence electrons. The monoisotopic (exact) mass is 658 g/mol. The van der Waals surface area contributed by atoms with Crippen molar-refractivity contribution in [3.63, 3.8) is 0 Å². The Hall–Kier alpha value is -5.23. The quantitative estimate of drug-likeness (QED) is 0.105. The van der Waals surface area contributed by atoms with Gasteiger partial charge in [0.1, 0.15) is 17.3 Å². The zero-order valence-corrected chi connectivity index (χ0v) is 29.4. The standard InChI is InChI=1S/C45H43N4O/c1-30-21-22-46-43(23-30)47-39-16-9-8-15-37(39)38-20-19-35(28-40(38)47)50-36-26-32(45(5,6)7)25-34(27-36)49-29-48(49,41-17-10-11-18-42(41)49)33-14-12-13-31(24-33)44(2,3)4/h8-29H,1-7H3/q+1/t48-,49?/m0/s1/i1D3. The molecule has 1 fully saturated rings. The van der Waals surface area contributed by atoms with E-state index in [-0.39, 0.29) is 16.4 Å². The van der Waals surface area contributed by atoms with Crippen molar-refractivity contribution in [1.82, 2.24) is 18.7 Å². The van der Waals surface area contributed by atoms with Crippen molar-refractivity contribution < 1.29 is 8.85 Å². The van der Waals surface area contributed by atoms with Gasteiger partial charge in [-0.2, -0.15) is 9.18 Å². The molecule has 2 aromatic heterocycles. The van der Waals surface area contributed by atoms with Crippen LogP contribution in [0.15, 0.2) is 128 Å². The zero-order valence-electron chi connectivity index (χ0n) is 32.4. The molecule has 7 aromatic rings. The minimum atomic E-state index is -2.25. The van der Waals surface area contributed by atoms with Crippen LogP contribution < -0.4 is 13.9 Å². The predicted molar refractivity (Wildman–Crippen MR) is 207 cm³/mol. The fourth-order valence-corrected chi connectivity index (χ4v) is 7.85. The second kappa shape index (κ2) is 10.4. The molecule has 1 saturated heterocycles. The molecule has 4 heterocycles. The molecule has 2 aliphatic heterocycles. The summed E-state index contributed by atoms with van der Waals surface area (Å²) in [5.74, 6) is 1.99. The average Bonchev–Trinajstić information content (AvgIpc) is 3.61. The van der Waals surface area contributed by atoms with Crippen molar-refractivity contribution >= 4 is 44.6 Å². The van der Waals surface area contributed by atoms with Gasteiger partial charge in [0.2, 0.25) is 11.4 Å². The Morgan fingerprint density at radius 2 is 1.32 bits per heavy atom. The highest BCUT2D eigenvalue weighted by molar-refractivity contribution is 6.09. The Morgan fingerprint density at radius 1 is 0.620 bits per heavy atom. The summed E-state index contributed by atoms with van der Waals surface area (Å²) >= 11 is 0. The van der Waals surface area contributed by atoms with E-state index in [1.165, 1.54) is 28.2 Å². The first-order chi connectivity index (χ1) is 25.1. The van der Waals surface area contributed by atoms with E-state index in [9.17, 15) is 0 Å². The Bertz CT molecular complexity index is 2610. The Morgan fingerprint density at radius 3 is 2.08 bits per heavy atom. The van der Waals surface area contributed by atoms with Crippen molar-refractivity contribution in [2.24, 2.45) is 0 Å². The topological polar surface area (TPSA) is 27.1 Å². The van der Waals surface area contributed by atoms with Gasteiger partial charge in [0.25, 0.3) is 0 Å². The SMILES string of the molecule is [2H]C([2H])([2H])c1ccnc(-n2c3ccccc3c3ccc(Oc4cc(C(C)(C)C)cc([N+]56[CH-][N@+]5(c5cccc(C(C)(C)C)c5)c5ccccc56)c4)cc32)c1. The molecule has 5 nitrogen and oxygen atoms in total. The maximum atomic E-state index is 8.03. The van der Waals surface area contributed by atoms with Gasteiger partial charge in [-0.15, -0.1) is 0 Å². The first kappa shape index (κ1) is 27.6. The highest BCUT2D eigenvalue weighted by atomic mass is 16.5. The van der Waals surface area contributed by atoms with Crippen molar-refractivity contribution in [3.05, 3.63) is 151 Å². The van der Waals surface area contributed by atoms with Crippen LogP contribution in [0.25, 0.3) is 27.6 Å². The number of quaternary nitrogens is 2. The van der Waals surface area contributed by atoms with E-state index in [4.69, 9.17) is 8.85 Å². The predicted octanol–water partition coefficient (Wildman–Crippen LogP) is 12.2. The summed E-state index contributed by atoms with van der Waals surface area (Å²) in [6.07, 6.45) is 1.57. The summed E-state index contributed by atoms with van der Waals surface area (Å²) < 4.78 is 34.2. The number of pyridine rings is 1. The van der Waals surface area contributed by atoms with E-state index >= 15 is 0 Å². The lowest BCUT2D eigenvalue weighted by Gasteiger charge is -2.40. The highest BCUT2D eigenvalue weighted by Crippen LogP contribution is 2.75. The highest BCUT2D eigenvalue weighted by Gasteiger charge is 2.78. The molecule has 0 N–H and O–H groups in total. The number of nitrogens with zero attached hydrogens (tertiary/aromatic N) is 4. The molecule has 0 amide bonds. The number of ether oxygens (including phenoxy) is 1. The zero-order chi connectivity index (χ0) is 37.1. The van der Waals surface area contributed by atoms with Crippen LogP contribution in [0.5, 0.6) is 11.5 Å². The number of benzene rings is 5. The summed E-state index contributed by atoms with van der Waals surface area (Å²) in [6.45, 7) is 13.7. The average molecular weight is 659 g/mol. The molecule has 0 spiro atoms. The van der Waals surface area contributed by atoms with Gasteiger partial charge in [0.15, 0.2) is 18.0 Å². The van der Waals surface area contributed by atoms with Crippen molar-refractivity contribution in [2.75, 3.05) is 0 Å². The maximum absolute atomic E-state index is 8.03. The molecular formula is C45H43N4O+. The molecule has 2 atom stereocenters. The minimum absolute atomic E-state index is 0.0265. The summed E-state index contributed by atoms with van der Waals surface area (Å²) in [5, 5.41) is 2.09. The molecular weight excluding hydrogens is 613 g/mol. The molecule has 0 bridgehead atoms. The van der Waals surface area contributed by atoms with Gasteiger partial charge in [-0.05, 0) is 70.8 Å². The first-order valence-electron chi connectivity index (χ1n) is 18.8. The number of fused-ring (bicyclic) bond motifs is 7. The minimum Gasteiger partial charge on any atom is -0.457 e. The maximum Gasteiger partial charge on any atom is 0.225 e. The van der Waals surface area contributed by atoms with E-state index in [0.29, 0.717) is 20.8 Å². The molecule has 5 heteroatoms. The van der Waals surface area contributed by atoms with Crippen molar-refractivity contribution in [1.29, 1.82) is 0 Å². The van der Waals surface area contributed by atoms with Gasteiger partial charge in [-0.1, -0.05) is 84.0 Å². The van der Waals surface area contributed by atoms with Gasteiger partial charge in [-0.25, -0.2) is 4.98 Å². The molecule has 2 aliphatic rings. The number of hydrogen-bond acceptors (Lipinski definition) is 2. The third-order valence-electron chi connectivity index (χ3n) is 10.5. The number of aryl methyl sites for hydroxylation is 1. The van der Waals surface area contributed by atoms with Crippen LogP contribution in [-0.4, -0.2) is 9.55 Å². The molecule has 9 rings (SSSR count). The summed E-state index contributed by atoms with van der Waals surface area (Å²) in [4.78, 5) is 4.64. The molecule has 5 aromatic carbocycles. The molecule has 1 unspecified atom stereocenters. The largest absolute Gasteiger partial charge is 0.457 e. The molecule has 0 aliphatic carbocycles. The van der Waals surface area contributed by atoms with Crippen molar-refractivity contribution in [3.8, 4) is 17.3 Å². The second-order valence-corrected chi connectivity index (χ2v) is 15.8. The van der Waals surface area contributed by atoms with Crippen LogP contribution in [0.1, 0.15) is 62.3 Å². The smallest absolute Gasteiger partial charge is 0.225 e. The third-order valence-corrected chi connectivity index (χ3v) is 10.5. The van der Waals surface area contributed by atoms with Crippen LogP contribution in [0.3, 0.4) is 0 Å². The molecule has 50 heavy (non-hydrogen) atoms. The van der Waals surface area contributed by atoms with Gasteiger partial charge >= 0.3 is 0 Å². The van der Waals surface area contributed by atoms with Gasteiger partial charge in [-0.3, -0.25) is 4.57 Å². The van der Waals surface area contributed by atoms with Crippen LogP contribution in [0.4, 0.5) is 22.7 Å². The summed E-state index contributed by atoms with van der Waals surface area (Å²) in [6, 6.07) is 42.0. The number of rotatable bonds is 5. The van der Waals surface area contributed by atoms with E-state index in [2.05, 4.69) is 132 Å². The lowest BCUT2D eigenvalue weighted by atomic mass is 9.86. The summed E-state index contributed by atoms with van der Waals surface area (Å²) in [5.41, 5.74) is 9.42. The number of para-hydroxylation sites is 3. The molecule has 0 radical (unpaired) electrons. The van der Waals surface area contributed by atoms with E-state index in [1.807, 2.05) is 34.9 Å². The van der Waals surface area contributed by atoms with Crippen LogP contribution >= 0.6 is 0 Å². The fraction of sp³-hybridized carbons (Fsp3) is 0.200. The number of aromatic nitrogens is 2. The van der Waals surface area contributed by atoms with E-state index < -0.39 is 6.85 Å². The fourth-order valence-electron chi connectivity index (χ4n) is 7.85. The second-order valence-electron chi connectivity index (χ2n) is 15.8. The Labute approximate surface area is 299 Å². The Kier molecular flexibility index (Phi) is 5.73. The first-order valence-corrected chi connectivity index (χ1v) is 17.3. The lowest BCUT2D eigenvalue weighted by molar-refractivity contribution is 0.421.